The Morgan fingerprint density at radius 2 is 1.59 bits per heavy atom. The Morgan fingerprint density at radius 1 is 0.963 bits per heavy atom. The van der Waals surface area contributed by atoms with Crippen LogP contribution in [0.25, 0.3) is 11.0 Å². The van der Waals surface area contributed by atoms with Crippen molar-refractivity contribution >= 4 is 28.5 Å². The third-order valence-corrected chi connectivity index (χ3v) is 5.07. The van der Waals surface area contributed by atoms with Crippen molar-refractivity contribution in [2.75, 3.05) is 0 Å². The SMILES string of the molecule is CC1=C(C)C(=O)C(CC(C(=O)O)c2ccc3ccc(=O)oc3c2)=C(C)C1=O. The third kappa shape index (κ3) is 3.26. The summed E-state index contributed by atoms with van der Waals surface area (Å²) in [5.74, 6) is -2.72. The lowest BCUT2D eigenvalue weighted by Gasteiger charge is -2.21. The molecule has 0 spiro atoms. The van der Waals surface area contributed by atoms with Gasteiger partial charge in [0.25, 0.3) is 0 Å². The number of hydrogen-bond donors (Lipinski definition) is 1. The quantitative estimate of drug-likeness (QED) is 0.659. The summed E-state index contributed by atoms with van der Waals surface area (Å²) in [7, 11) is 0. The van der Waals surface area contributed by atoms with Crippen LogP contribution < -0.4 is 5.63 Å². The van der Waals surface area contributed by atoms with E-state index in [4.69, 9.17) is 4.42 Å². The first-order chi connectivity index (χ1) is 12.7. The fourth-order valence-corrected chi connectivity index (χ4v) is 3.25. The van der Waals surface area contributed by atoms with E-state index in [1.165, 1.54) is 12.1 Å². The lowest BCUT2D eigenvalue weighted by atomic mass is 9.80. The van der Waals surface area contributed by atoms with Gasteiger partial charge in [0.2, 0.25) is 0 Å². The molecule has 1 aliphatic rings. The zero-order valence-corrected chi connectivity index (χ0v) is 15.2. The minimum absolute atomic E-state index is 0.112. The van der Waals surface area contributed by atoms with Crippen molar-refractivity contribution in [3.8, 4) is 0 Å². The summed E-state index contributed by atoms with van der Waals surface area (Å²) in [5.41, 5.74) is 1.36. The first kappa shape index (κ1) is 18.5. The van der Waals surface area contributed by atoms with Crippen LogP contribution in [0.15, 0.2) is 61.8 Å². The highest BCUT2D eigenvalue weighted by molar-refractivity contribution is 6.24. The number of fused-ring (bicyclic) bond motifs is 1. The number of ketones is 2. The molecule has 27 heavy (non-hydrogen) atoms. The van der Waals surface area contributed by atoms with Gasteiger partial charge in [0, 0.05) is 33.7 Å². The van der Waals surface area contributed by atoms with Gasteiger partial charge in [0.1, 0.15) is 5.58 Å². The predicted octanol–water partition coefficient (Wildman–Crippen LogP) is 3.16. The van der Waals surface area contributed by atoms with Crippen LogP contribution in [0.3, 0.4) is 0 Å². The first-order valence-corrected chi connectivity index (χ1v) is 8.44. The maximum absolute atomic E-state index is 12.6. The van der Waals surface area contributed by atoms with E-state index < -0.39 is 17.5 Å². The van der Waals surface area contributed by atoms with E-state index in [9.17, 15) is 24.3 Å². The molecule has 0 amide bonds. The van der Waals surface area contributed by atoms with Crippen LogP contribution in [0.4, 0.5) is 0 Å². The molecule has 1 N–H and O–H groups in total. The first-order valence-electron chi connectivity index (χ1n) is 8.44. The summed E-state index contributed by atoms with van der Waals surface area (Å²) in [6.07, 6.45) is -0.112. The highest BCUT2D eigenvalue weighted by Crippen LogP contribution is 2.33. The van der Waals surface area contributed by atoms with Crippen LogP contribution in [-0.2, 0) is 14.4 Å². The Bertz CT molecular complexity index is 1110. The molecule has 0 bridgehead atoms. The number of carboxylic acids is 1. The molecule has 0 saturated carbocycles. The fourth-order valence-electron chi connectivity index (χ4n) is 3.25. The number of carbonyl (C=O) groups is 3. The number of allylic oxidation sites excluding steroid dienone is 4. The van der Waals surface area contributed by atoms with E-state index in [0.717, 1.165) is 0 Å². The second kappa shape index (κ2) is 6.79. The number of carbonyl (C=O) groups excluding carboxylic acids is 2. The standard InChI is InChI=1S/C21H18O6/c1-10-11(2)20(24)15(12(3)19(10)23)9-16(21(25)26)14-5-4-13-6-7-18(22)27-17(13)8-14/h4-8,16H,9H2,1-3H3,(H,25,26). The van der Waals surface area contributed by atoms with Crippen molar-refractivity contribution in [2.24, 2.45) is 0 Å². The minimum Gasteiger partial charge on any atom is -0.481 e. The monoisotopic (exact) mass is 366 g/mol. The minimum atomic E-state index is -1.13. The van der Waals surface area contributed by atoms with Crippen LogP contribution in [0.2, 0.25) is 0 Å². The zero-order valence-electron chi connectivity index (χ0n) is 15.2. The van der Waals surface area contributed by atoms with E-state index in [2.05, 4.69) is 0 Å². The maximum Gasteiger partial charge on any atom is 0.336 e. The number of Topliss-reactive ketones (excluding diaryl/α,β-unsaturated/α-hetero) is 2. The van der Waals surface area contributed by atoms with E-state index in [1.54, 1.807) is 39.0 Å². The highest BCUT2D eigenvalue weighted by atomic mass is 16.4. The van der Waals surface area contributed by atoms with Gasteiger partial charge in [-0.05, 0) is 44.9 Å². The van der Waals surface area contributed by atoms with Gasteiger partial charge in [-0.25, -0.2) is 4.79 Å². The van der Waals surface area contributed by atoms with Crippen molar-refractivity contribution in [1.29, 1.82) is 0 Å². The zero-order chi connectivity index (χ0) is 19.9. The van der Waals surface area contributed by atoms with Crippen molar-refractivity contribution in [2.45, 2.75) is 33.1 Å². The number of benzene rings is 1. The molecular formula is C21H18O6. The lowest BCUT2D eigenvalue weighted by Crippen LogP contribution is -2.24. The van der Waals surface area contributed by atoms with Gasteiger partial charge >= 0.3 is 11.6 Å². The maximum atomic E-state index is 12.6. The summed E-state index contributed by atoms with van der Waals surface area (Å²) < 4.78 is 5.12. The molecule has 1 heterocycles. The number of hydrogen-bond acceptors (Lipinski definition) is 5. The van der Waals surface area contributed by atoms with Gasteiger partial charge in [0.15, 0.2) is 11.6 Å². The fraction of sp³-hybridized carbons (Fsp3) is 0.238. The highest BCUT2D eigenvalue weighted by Gasteiger charge is 2.32. The molecule has 0 radical (unpaired) electrons. The second-order valence-electron chi connectivity index (χ2n) is 6.66. The molecule has 0 aliphatic heterocycles. The Balaban J connectivity index is 2.05. The lowest BCUT2D eigenvalue weighted by molar-refractivity contribution is -0.138. The van der Waals surface area contributed by atoms with Crippen molar-refractivity contribution in [3.63, 3.8) is 0 Å². The van der Waals surface area contributed by atoms with Crippen LogP contribution in [-0.4, -0.2) is 22.6 Å². The van der Waals surface area contributed by atoms with Crippen LogP contribution >= 0.6 is 0 Å². The average Bonchev–Trinajstić information content (AvgIpc) is 2.64. The number of rotatable bonds is 4. The molecule has 1 aliphatic carbocycles. The Hall–Kier alpha value is -3.28. The van der Waals surface area contributed by atoms with Crippen molar-refractivity contribution < 1.29 is 23.9 Å². The van der Waals surface area contributed by atoms with E-state index >= 15 is 0 Å². The molecular weight excluding hydrogens is 348 g/mol. The van der Waals surface area contributed by atoms with Gasteiger partial charge < -0.3 is 9.52 Å². The average molecular weight is 366 g/mol. The molecule has 3 rings (SSSR count). The summed E-state index contributed by atoms with van der Waals surface area (Å²) in [6.45, 7) is 4.71. The van der Waals surface area contributed by atoms with E-state index in [0.29, 0.717) is 22.1 Å². The smallest absolute Gasteiger partial charge is 0.336 e. The number of carboxylic acid groups (broad SMARTS) is 1. The summed E-state index contributed by atoms with van der Waals surface area (Å²) in [4.78, 5) is 48.3. The third-order valence-electron chi connectivity index (χ3n) is 5.07. The Morgan fingerprint density at radius 3 is 2.26 bits per heavy atom. The molecule has 2 aromatic rings. The molecule has 138 valence electrons. The van der Waals surface area contributed by atoms with Gasteiger partial charge in [-0.15, -0.1) is 0 Å². The van der Waals surface area contributed by atoms with E-state index in [-0.39, 0.29) is 34.7 Å². The van der Waals surface area contributed by atoms with Gasteiger partial charge in [0.05, 0.1) is 5.92 Å². The molecule has 0 saturated heterocycles. The Kier molecular flexibility index (Phi) is 4.66. The molecule has 6 nitrogen and oxygen atoms in total. The summed E-state index contributed by atoms with van der Waals surface area (Å²) in [6, 6.07) is 7.66. The largest absolute Gasteiger partial charge is 0.481 e. The van der Waals surface area contributed by atoms with Crippen LogP contribution in [0, 0.1) is 0 Å². The Labute approximate surface area is 154 Å². The van der Waals surface area contributed by atoms with Gasteiger partial charge in [-0.1, -0.05) is 12.1 Å². The van der Waals surface area contributed by atoms with Crippen molar-refractivity contribution in [3.05, 3.63) is 68.6 Å². The second-order valence-corrected chi connectivity index (χ2v) is 6.66. The normalized spacial score (nSPS) is 16.3. The van der Waals surface area contributed by atoms with Gasteiger partial charge in [-0.2, -0.15) is 0 Å². The number of aliphatic carboxylic acids is 1. The summed E-state index contributed by atoms with van der Waals surface area (Å²) >= 11 is 0. The van der Waals surface area contributed by atoms with Gasteiger partial charge in [-0.3, -0.25) is 14.4 Å². The topological polar surface area (TPSA) is 102 Å². The van der Waals surface area contributed by atoms with E-state index in [1.807, 2.05) is 0 Å². The molecule has 1 aromatic carbocycles. The molecule has 0 fully saturated rings. The molecule has 1 aromatic heterocycles. The molecule has 1 atom stereocenters. The predicted molar refractivity (Wildman–Crippen MR) is 98.6 cm³/mol. The summed E-state index contributed by atoms with van der Waals surface area (Å²) in [5, 5.41) is 10.4. The van der Waals surface area contributed by atoms with Crippen LogP contribution in [0.1, 0.15) is 38.7 Å². The van der Waals surface area contributed by atoms with Crippen molar-refractivity contribution in [1.82, 2.24) is 0 Å². The molecule has 6 heteroatoms. The molecule has 1 unspecified atom stereocenters. The van der Waals surface area contributed by atoms with Crippen LogP contribution in [0.5, 0.6) is 0 Å².